The average molecular weight is 437 g/mol. The van der Waals surface area contributed by atoms with Gasteiger partial charge in [-0.2, -0.15) is 0 Å². The smallest absolute Gasteiger partial charge is 0.155 e. The van der Waals surface area contributed by atoms with E-state index in [1.807, 2.05) is 6.08 Å². The maximum atomic E-state index is 12.0. The first-order valence-electron chi connectivity index (χ1n) is 11.3. The van der Waals surface area contributed by atoms with Crippen LogP contribution in [0.15, 0.2) is 11.6 Å². The van der Waals surface area contributed by atoms with E-state index < -0.39 is 0 Å². The Morgan fingerprint density at radius 3 is 2.59 bits per heavy atom. The van der Waals surface area contributed by atoms with Crippen LogP contribution in [0.2, 0.25) is 0 Å². The Hall–Kier alpha value is -0.150. The molecule has 4 aliphatic carbocycles. The van der Waals surface area contributed by atoms with Crippen LogP contribution < -0.4 is 0 Å². The summed E-state index contributed by atoms with van der Waals surface area (Å²) < 4.78 is 6.61. The third-order valence-electron chi connectivity index (χ3n) is 9.44. The average Bonchev–Trinajstić information content (AvgIpc) is 2.91. The van der Waals surface area contributed by atoms with Gasteiger partial charge < -0.3 is 4.74 Å². The first-order chi connectivity index (χ1) is 12.8. The summed E-state index contributed by atoms with van der Waals surface area (Å²) in [7, 11) is 0. The molecule has 27 heavy (non-hydrogen) atoms. The molecule has 0 heterocycles. The Morgan fingerprint density at radius 2 is 1.81 bits per heavy atom. The van der Waals surface area contributed by atoms with Gasteiger partial charge in [-0.3, -0.25) is 4.79 Å². The predicted octanol–water partition coefficient (Wildman–Crippen LogP) is 6.47. The van der Waals surface area contributed by atoms with Crippen molar-refractivity contribution in [1.82, 2.24) is 0 Å². The second kappa shape index (κ2) is 7.27. The van der Waals surface area contributed by atoms with Gasteiger partial charge in [0.1, 0.15) is 0 Å². The lowest BCUT2D eigenvalue weighted by Gasteiger charge is -2.59. The third-order valence-corrected chi connectivity index (χ3v) is 10.0. The molecule has 0 aromatic rings. The van der Waals surface area contributed by atoms with Crippen molar-refractivity contribution in [2.75, 3.05) is 11.9 Å². The largest absolute Gasteiger partial charge is 0.375 e. The molecule has 1 unspecified atom stereocenters. The van der Waals surface area contributed by atoms with E-state index in [2.05, 4.69) is 36.7 Å². The molecule has 0 aromatic carbocycles. The molecule has 2 nitrogen and oxygen atoms in total. The van der Waals surface area contributed by atoms with Crippen LogP contribution in [0.1, 0.15) is 85.0 Å². The molecule has 152 valence electrons. The van der Waals surface area contributed by atoms with Crippen molar-refractivity contribution in [3.63, 3.8) is 0 Å². The number of allylic oxidation sites excluding steroid dienone is 1. The number of carbonyl (C=O) groups excluding carboxylic acids is 1. The van der Waals surface area contributed by atoms with Gasteiger partial charge in [0.15, 0.2) is 5.78 Å². The zero-order valence-electron chi connectivity index (χ0n) is 17.5. The minimum absolute atomic E-state index is 0.0501. The molecule has 0 spiro atoms. The fraction of sp³-hybridized carbons (Fsp3) is 0.875. The highest BCUT2D eigenvalue weighted by atomic mass is 79.9. The zero-order valence-corrected chi connectivity index (χ0v) is 19.1. The van der Waals surface area contributed by atoms with E-state index in [-0.39, 0.29) is 11.0 Å². The molecular formula is C24H37BrO2. The maximum Gasteiger partial charge on any atom is 0.155 e. The summed E-state index contributed by atoms with van der Waals surface area (Å²) in [6.07, 6.45) is 13.9. The van der Waals surface area contributed by atoms with E-state index in [1.54, 1.807) is 0 Å². The quantitative estimate of drug-likeness (QED) is 0.364. The summed E-state index contributed by atoms with van der Waals surface area (Å²) in [6.45, 7) is 8.35. The predicted molar refractivity (Wildman–Crippen MR) is 114 cm³/mol. The maximum absolute atomic E-state index is 12.0. The van der Waals surface area contributed by atoms with Crippen LogP contribution in [0.25, 0.3) is 0 Å². The molecule has 3 saturated carbocycles. The zero-order chi connectivity index (χ0) is 19.3. The first kappa shape index (κ1) is 20.1. The number of alkyl halides is 1. The molecule has 0 N–H and O–H groups in total. The molecule has 0 saturated heterocycles. The summed E-state index contributed by atoms with van der Waals surface area (Å²) in [4.78, 5) is 12.0. The van der Waals surface area contributed by atoms with Crippen molar-refractivity contribution in [1.29, 1.82) is 0 Å². The number of halogens is 1. The van der Waals surface area contributed by atoms with E-state index >= 15 is 0 Å². The van der Waals surface area contributed by atoms with Crippen LogP contribution in [-0.4, -0.2) is 23.3 Å². The van der Waals surface area contributed by atoms with E-state index in [4.69, 9.17) is 4.74 Å². The van der Waals surface area contributed by atoms with Crippen molar-refractivity contribution >= 4 is 21.7 Å². The van der Waals surface area contributed by atoms with Gasteiger partial charge in [-0.15, -0.1) is 0 Å². The monoisotopic (exact) mass is 436 g/mol. The van der Waals surface area contributed by atoms with Gasteiger partial charge in [0.2, 0.25) is 0 Å². The molecule has 4 aliphatic rings. The van der Waals surface area contributed by atoms with Gasteiger partial charge in [-0.05, 0) is 99.4 Å². The minimum Gasteiger partial charge on any atom is -0.375 e. The topological polar surface area (TPSA) is 26.3 Å². The number of ether oxygens (including phenoxy) is 1. The van der Waals surface area contributed by atoms with Crippen LogP contribution in [0.3, 0.4) is 0 Å². The molecule has 0 amide bonds. The van der Waals surface area contributed by atoms with Crippen molar-refractivity contribution in [3.8, 4) is 0 Å². The van der Waals surface area contributed by atoms with Crippen LogP contribution in [0.5, 0.6) is 0 Å². The fourth-order valence-corrected chi connectivity index (χ4v) is 7.91. The number of rotatable bonds is 5. The summed E-state index contributed by atoms with van der Waals surface area (Å²) >= 11 is 3.54. The summed E-state index contributed by atoms with van der Waals surface area (Å²) in [5.74, 6) is 2.77. The summed E-state index contributed by atoms with van der Waals surface area (Å²) in [5, 5.41) is 1.08. The Morgan fingerprint density at radius 1 is 1.04 bits per heavy atom. The van der Waals surface area contributed by atoms with E-state index in [0.717, 1.165) is 55.4 Å². The highest BCUT2D eigenvalue weighted by Gasteiger charge is 2.63. The number of unbranched alkanes of at least 4 members (excludes halogenated alkanes) is 1. The van der Waals surface area contributed by atoms with E-state index in [0.29, 0.717) is 11.2 Å². The molecule has 3 heteroatoms. The van der Waals surface area contributed by atoms with Crippen LogP contribution >= 0.6 is 15.9 Å². The van der Waals surface area contributed by atoms with E-state index in [9.17, 15) is 4.79 Å². The van der Waals surface area contributed by atoms with Crippen molar-refractivity contribution in [3.05, 3.63) is 11.6 Å². The Balaban J connectivity index is 1.54. The van der Waals surface area contributed by atoms with Crippen LogP contribution in [0, 0.1) is 28.6 Å². The lowest BCUT2D eigenvalue weighted by atomic mass is 9.46. The summed E-state index contributed by atoms with van der Waals surface area (Å²) in [5.41, 5.74) is 2.14. The van der Waals surface area contributed by atoms with Crippen molar-refractivity contribution in [2.45, 2.75) is 90.6 Å². The summed E-state index contributed by atoms with van der Waals surface area (Å²) in [6, 6.07) is 0. The second-order valence-corrected chi connectivity index (χ2v) is 11.2. The van der Waals surface area contributed by atoms with Gasteiger partial charge in [-0.25, -0.2) is 0 Å². The first-order valence-corrected chi connectivity index (χ1v) is 12.4. The minimum atomic E-state index is 0.0501. The van der Waals surface area contributed by atoms with Gasteiger partial charge in [-0.1, -0.05) is 35.4 Å². The fourth-order valence-electron chi connectivity index (χ4n) is 7.52. The van der Waals surface area contributed by atoms with Crippen LogP contribution in [0.4, 0.5) is 0 Å². The highest BCUT2D eigenvalue weighted by Crippen LogP contribution is 2.68. The lowest BCUT2D eigenvalue weighted by Crippen LogP contribution is -2.54. The number of fused-ring (bicyclic) bond motifs is 5. The van der Waals surface area contributed by atoms with Gasteiger partial charge in [0.25, 0.3) is 0 Å². The molecule has 6 atom stereocenters. The number of carbonyl (C=O) groups is 1. The van der Waals surface area contributed by atoms with Crippen LogP contribution in [-0.2, 0) is 9.53 Å². The van der Waals surface area contributed by atoms with E-state index in [1.165, 1.54) is 44.1 Å². The molecule has 0 bridgehead atoms. The number of hydrogen-bond acceptors (Lipinski definition) is 2. The molecule has 3 fully saturated rings. The van der Waals surface area contributed by atoms with Gasteiger partial charge in [0.05, 0.1) is 5.60 Å². The van der Waals surface area contributed by atoms with Gasteiger partial charge in [0, 0.05) is 18.4 Å². The molecule has 0 aromatic heterocycles. The lowest BCUT2D eigenvalue weighted by molar-refractivity contribution is -0.150. The standard InChI is InChI=1S/C24H37BrO2/c1-22-11-8-18(26)16-17(22)6-7-19-20(22)9-12-23(2)21(19)10-13-24(23,3)27-15-5-4-14-25/h16,19-21H,4-15H2,1-3H3/t19-,20+,21+,22+,23+,24?/m1/s1. The van der Waals surface area contributed by atoms with Gasteiger partial charge >= 0.3 is 0 Å². The Bertz CT molecular complexity index is 628. The Labute approximate surface area is 174 Å². The highest BCUT2D eigenvalue weighted by molar-refractivity contribution is 9.09. The molecular weight excluding hydrogens is 400 g/mol. The molecule has 4 rings (SSSR count). The van der Waals surface area contributed by atoms with Crippen molar-refractivity contribution in [2.24, 2.45) is 28.6 Å². The Kier molecular flexibility index (Phi) is 5.42. The normalized spacial score (nSPS) is 46.4. The SMILES string of the molecule is CC1(OCCCCBr)CC[C@H]2[C@@H]3CCC4=CC(=O)CC[C@]4(C)[C@H]3CC[C@@]21C. The third kappa shape index (κ3) is 3.10. The number of hydrogen-bond donors (Lipinski definition) is 0. The molecule has 0 radical (unpaired) electrons. The second-order valence-electron chi connectivity index (χ2n) is 10.4. The molecule has 0 aliphatic heterocycles. The number of ketones is 1. The van der Waals surface area contributed by atoms with Crippen molar-refractivity contribution < 1.29 is 9.53 Å².